The van der Waals surface area contributed by atoms with Gasteiger partial charge < -0.3 is 0 Å². The summed E-state index contributed by atoms with van der Waals surface area (Å²) in [6.45, 7) is -0.827. The van der Waals surface area contributed by atoms with E-state index in [-0.39, 0.29) is 11.6 Å². The molecule has 7 nitrogen and oxygen atoms in total. The molecule has 0 aliphatic carbocycles. The zero-order chi connectivity index (χ0) is 20.9. The van der Waals surface area contributed by atoms with E-state index in [4.69, 9.17) is 9.05 Å². The average Bonchev–Trinajstić information content (AvgIpc) is 2.80. The molecule has 4 rings (SSSR count). The summed E-state index contributed by atoms with van der Waals surface area (Å²) in [7, 11) is -2.61. The second-order valence-corrected chi connectivity index (χ2v) is 7.46. The zero-order valence-corrected chi connectivity index (χ0v) is 16.6. The number of Topliss-reactive ketones (excluding diaryl/α,β-unsaturated/α-hetero) is 2. The number of carbonyl (C=O) groups is 2. The van der Waals surface area contributed by atoms with Crippen molar-refractivity contribution in [2.45, 2.75) is 0 Å². The Morgan fingerprint density at radius 1 is 0.700 bits per heavy atom. The number of fused-ring (bicyclic) bond motifs is 2. The third-order valence-electron chi connectivity index (χ3n) is 4.53. The quantitative estimate of drug-likeness (QED) is 0.306. The molecule has 0 aliphatic heterocycles. The van der Waals surface area contributed by atoms with E-state index < -0.39 is 21.5 Å². The minimum absolute atomic E-state index is 0.338. The number of hydrogen-bond donors (Lipinski definition) is 0. The van der Waals surface area contributed by atoms with Gasteiger partial charge in [-0.1, -0.05) is 24.3 Å². The van der Waals surface area contributed by atoms with E-state index in [0.29, 0.717) is 11.1 Å². The Hall–Kier alpha value is -3.38. The maximum atomic E-state index is 12.3. The molecule has 30 heavy (non-hydrogen) atoms. The lowest BCUT2D eigenvalue weighted by atomic mass is 10.1. The molecule has 0 fully saturated rings. The van der Waals surface area contributed by atoms with Crippen molar-refractivity contribution in [1.82, 2.24) is 9.97 Å². The SMILES string of the molecule is O=C(CO[P+](=O)OCC(=O)c1ccc2cnccc2c1)c1ccc2cnccc2c1. The molecule has 2 aromatic carbocycles. The number of pyridine rings is 2. The summed E-state index contributed by atoms with van der Waals surface area (Å²) in [6.07, 6.45) is 6.69. The van der Waals surface area contributed by atoms with E-state index in [0.717, 1.165) is 21.5 Å². The predicted molar refractivity (Wildman–Crippen MR) is 112 cm³/mol. The Morgan fingerprint density at radius 2 is 1.17 bits per heavy atom. The monoisotopic (exact) mass is 419 g/mol. The molecule has 0 amide bonds. The topological polar surface area (TPSA) is 95.5 Å². The molecule has 0 N–H and O–H groups in total. The van der Waals surface area contributed by atoms with Crippen LogP contribution in [-0.2, 0) is 13.6 Å². The average molecular weight is 419 g/mol. The first-order chi connectivity index (χ1) is 14.6. The fourth-order valence-corrected chi connectivity index (χ4v) is 3.46. The third kappa shape index (κ3) is 4.60. The van der Waals surface area contributed by atoms with Crippen LogP contribution < -0.4 is 0 Å². The summed E-state index contributed by atoms with van der Waals surface area (Å²) in [6, 6.07) is 13.9. The lowest BCUT2D eigenvalue weighted by Gasteiger charge is -2.01. The number of aromatic nitrogens is 2. The van der Waals surface area contributed by atoms with E-state index in [2.05, 4.69) is 9.97 Å². The van der Waals surface area contributed by atoms with Crippen molar-refractivity contribution in [3.8, 4) is 0 Å². The van der Waals surface area contributed by atoms with Crippen LogP contribution in [-0.4, -0.2) is 34.7 Å². The van der Waals surface area contributed by atoms with Gasteiger partial charge in [0.2, 0.25) is 0 Å². The van der Waals surface area contributed by atoms with E-state index >= 15 is 0 Å². The number of carbonyl (C=O) groups excluding carboxylic acids is 2. The summed E-state index contributed by atoms with van der Waals surface area (Å²) in [5.74, 6) is -0.676. The van der Waals surface area contributed by atoms with Crippen LogP contribution in [0.2, 0.25) is 0 Å². The predicted octanol–water partition coefficient (Wildman–Crippen LogP) is 4.54. The van der Waals surface area contributed by atoms with Gasteiger partial charge in [0.15, 0.2) is 24.8 Å². The summed E-state index contributed by atoms with van der Waals surface area (Å²) in [5.41, 5.74) is 0.859. The molecule has 0 radical (unpaired) electrons. The molecule has 4 aromatic rings. The van der Waals surface area contributed by atoms with Gasteiger partial charge >= 0.3 is 8.25 Å². The number of ketones is 2. The molecule has 148 valence electrons. The van der Waals surface area contributed by atoms with Gasteiger partial charge in [-0.05, 0) is 35.0 Å². The Labute approximate surface area is 172 Å². The summed E-state index contributed by atoms with van der Waals surface area (Å²) in [5, 5.41) is 3.56. The Balaban J connectivity index is 1.30. The Bertz CT molecular complexity index is 1180. The van der Waals surface area contributed by atoms with Crippen LogP contribution in [0.3, 0.4) is 0 Å². The fourth-order valence-electron chi connectivity index (χ4n) is 2.94. The minimum Gasteiger partial charge on any atom is -0.291 e. The van der Waals surface area contributed by atoms with Crippen molar-refractivity contribution in [2.75, 3.05) is 13.2 Å². The number of rotatable bonds is 8. The molecule has 8 heteroatoms. The van der Waals surface area contributed by atoms with Gasteiger partial charge in [0.05, 0.1) is 0 Å². The first-order valence-electron chi connectivity index (χ1n) is 9.07. The van der Waals surface area contributed by atoms with Crippen LogP contribution in [0.15, 0.2) is 73.3 Å². The maximum Gasteiger partial charge on any atom is 0.698 e. The molecule has 2 heterocycles. The smallest absolute Gasteiger partial charge is 0.291 e. The lowest BCUT2D eigenvalue weighted by Crippen LogP contribution is -2.09. The molecule has 0 aliphatic rings. The number of benzene rings is 2. The van der Waals surface area contributed by atoms with Crippen molar-refractivity contribution in [3.05, 3.63) is 84.4 Å². The van der Waals surface area contributed by atoms with Crippen LogP contribution in [0, 0.1) is 0 Å². The summed E-state index contributed by atoms with van der Waals surface area (Å²) < 4.78 is 21.9. The third-order valence-corrected chi connectivity index (χ3v) is 5.21. The molecule has 0 unspecified atom stereocenters. The van der Waals surface area contributed by atoms with Crippen molar-refractivity contribution in [1.29, 1.82) is 0 Å². The van der Waals surface area contributed by atoms with E-state index in [1.165, 1.54) is 0 Å². The van der Waals surface area contributed by atoms with Gasteiger partial charge in [0.25, 0.3) is 0 Å². The van der Waals surface area contributed by atoms with Crippen molar-refractivity contribution >= 4 is 41.4 Å². The highest BCUT2D eigenvalue weighted by Crippen LogP contribution is 2.25. The normalized spacial score (nSPS) is 10.9. The number of nitrogens with zero attached hydrogens (tertiary/aromatic N) is 2. The van der Waals surface area contributed by atoms with E-state index in [1.54, 1.807) is 73.3 Å². The number of hydrogen-bond acceptors (Lipinski definition) is 7. The van der Waals surface area contributed by atoms with Crippen LogP contribution in [0.5, 0.6) is 0 Å². The second-order valence-electron chi connectivity index (χ2n) is 6.49. The molecule has 0 saturated heterocycles. The zero-order valence-electron chi connectivity index (χ0n) is 15.7. The highest BCUT2D eigenvalue weighted by Gasteiger charge is 2.25. The van der Waals surface area contributed by atoms with Crippen LogP contribution >= 0.6 is 8.25 Å². The van der Waals surface area contributed by atoms with Gasteiger partial charge in [-0.15, -0.1) is 9.05 Å². The van der Waals surface area contributed by atoms with E-state index in [9.17, 15) is 14.2 Å². The molecule has 0 spiro atoms. The van der Waals surface area contributed by atoms with Crippen molar-refractivity contribution in [3.63, 3.8) is 0 Å². The molecule has 0 atom stereocenters. The first-order valence-corrected chi connectivity index (χ1v) is 10.2. The highest BCUT2D eigenvalue weighted by atomic mass is 31.1. The Morgan fingerprint density at radius 3 is 1.63 bits per heavy atom. The van der Waals surface area contributed by atoms with Gasteiger partial charge in [0.1, 0.15) is 0 Å². The molecule has 0 bridgehead atoms. The fraction of sp³-hybridized carbons (Fsp3) is 0.0909. The Kier molecular flexibility index (Phi) is 5.95. The largest absolute Gasteiger partial charge is 0.698 e. The summed E-state index contributed by atoms with van der Waals surface area (Å²) >= 11 is 0. The van der Waals surface area contributed by atoms with Crippen molar-refractivity contribution in [2.24, 2.45) is 0 Å². The van der Waals surface area contributed by atoms with Gasteiger partial charge in [-0.25, -0.2) is 0 Å². The molecule has 0 saturated carbocycles. The lowest BCUT2D eigenvalue weighted by molar-refractivity contribution is 0.0877. The first kappa shape index (κ1) is 19.9. The van der Waals surface area contributed by atoms with E-state index in [1.807, 2.05) is 0 Å². The van der Waals surface area contributed by atoms with Gasteiger partial charge in [0, 0.05) is 51.3 Å². The van der Waals surface area contributed by atoms with Crippen LogP contribution in [0.4, 0.5) is 0 Å². The standard InChI is InChI=1S/C22H16N2O5P/c25-21(17-1-3-19-11-23-7-5-15(19)9-17)13-28-30(27)29-14-22(26)18-2-4-20-12-24-8-6-16(20)10-18/h1-12H,13-14H2/q+1. The molecular formula is C22H16N2O5P+. The van der Waals surface area contributed by atoms with Crippen LogP contribution in [0.25, 0.3) is 21.5 Å². The summed E-state index contributed by atoms with van der Waals surface area (Å²) in [4.78, 5) is 32.6. The van der Waals surface area contributed by atoms with Gasteiger partial charge in [-0.3, -0.25) is 19.6 Å². The second kappa shape index (κ2) is 8.97. The maximum absolute atomic E-state index is 12.3. The molecular weight excluding hydrogens is 403 g/mol. The minimum atomic E-state index is -2.61. The van der Waals surface area contributed by atoms with Crippen molar-refractivity contribution < 1.29 is 23.2 Å². The van der Waals surface area contributed by atoms with Gasteiger partial charge in [-0.2, -0.15) is 0 Å². The van der Waals surface area contributed by atoms with Crippen LogP contribution in [0.1, 0.15) is 20.7 Å². The highest BCUT2D eigenvalue weighted by molar-refractivity contribution is 7.33. The molecule has 2 aromatic heterocycles.